The smallest absolute Gasteiger partial charge is 0.162 e. The van der Waals surface area contributed by atoms with Crippen LogP contribution in [0.5, 0.6) is 11.5 Å². The minimum absolute atomic E-state index is 0.473. The molecule has 0 unspecified atom stereocenters. The number of hydrogen-bond donors (Lipinski definition) is 0. The maximum atomic E-state index is 6.21. The standard InChI is InChI=1S/C17H14ClNO2/c1-20-16-10-15-13(14(18)7-8-19-15)9-17(16)21-11-12-5-3-2-4-6-12/h2-10H,11H2,1H3. The van der Waals surface area contributed by atoms with Crippen LogP contribution >= 0.6 is 11.6 Å². The first-order valence-electron chi connectivity index (χ1n) is 6.57. The van der Waals surface area contributed by atoms with Crippen LogP contribution in [0.15, 0.2) is 54.7 Å². The third-order valence-corrected chi connectivity index (χ3v) is 3.54. The fourth-order valence-corrected chi connectivity index (χ4v) is 2.34. The van der Waals surface area contributed by atoms with Crippen molar-refractivity contribution in [3.63, 3.8) is 0 Å². The van der Waals surface area contributed by atoms with E-state index >= 15 is 0 Å². The van der Waals surface area contributed by atoms with Crippen LogP contribution in [0.2, 0.25) is 5.02 Å². The molecule has 0 N–H and O–H groups in total. The lowest BCUT2D eigenvalue weighted by molar-refractivity contribution is 0.285. The molecule has 21 heavy (non-hydrogen) atoms. The maximum Gasteiger partial charge on any atom is 0.162 e. The summed E-state index contributed by atoms with van der Waals surface area (Å²) in [6, 6.07) is 15.4. The Morgan fingerprint density at radius 2 is 1.86 bits per heavy atom. The highest BCUT2D eigenvalue weighted by Crippen LogP contribution is 2.34. The van der Waals surface area contributed by atoms with Gasteiger partial charge >= 0.3 is 0 Å². The van der Waals surface area contributed by atoms with Gasteiger partial charge in [-0.05, 0) is 17.7 Å². The minimum Gasteiger partial charge on any atom is -0.493 e. The zero-order valence-electron chi connectivity index (χ0n) is 11.5. The van der Waals surface area contributed by atoms with Crippen molar-refractivity contribution >= 4 is 22.5 Å². The van der Waals surface area contributed by atoms with E-state index in [0.29, 0.717) is 23.1 Å². The molecular formula is C17H14ClNO2. The number of aromatic nitrogens is 1. The lowest BCUT2D eigenvalue weighted by Gasteiger charge is -2.12. The van der Waals surface area contributed by atoms with Crippen molar-refractivity contribution in [2.24, 2.45) is 0 Å². The molecule has 4 heteroatoms. The molecule has 0 aliphatic carbocycles. The zero-order valence-corrected chi connectivity index (χ0v) is 12.3. The average molecular weight is 300 g/mol. The molecule has 0 aliphatic heterocycles. The molecule has 3 rings (SSSR count). The molecule has 3 nitrogen and oxygen atoms in total. The average Bonchev–Trinajstić information content (AvgIpc) is 2.53. The van der Waals surface area contributed by atoms with Crippen LogP contribution in [0.3, 0.4) is 0 Å². The van der Waals surface area contributed by atoms with Crippen LogP contribution < -0.4 is 9.47 Å². The van der Waals surface area contributed by atoms with Crippen molar-refractivity contribution in [3.05, 3.63) is 65.3 Å². The number of rotatable bonds is 4. The van der Waals surface area contributed by atoms with Gasteiger partial charge in [-0.1, -0.05) is 41.9 Å². The fraction of sp³-hybridized carbons (Fsp3) is 0.118. The van der Waals surface area contributed by atoms with Gasteiger partial charge in [-0.25, -0.2) is 0 Å². The molecular weight excluding hydrogens is 286 g/mol. The Kier molecular flexibility index (Phi) is 3.93. The highest BCUT2D eigenvalue weighted by atomic mass is 35.5. The van der Waals surface area contributed by atoms with E-state index in [9.17, 15) is 0 Å². The molecule has 0 fully saturated rings. The molecule has 0 saturated carbocycles. The summed E-state index contributed by atoms with van der Waals surface area (Å²) in [7, 11) is 1.61. The summed E-state index contributed by atoms with van der Waals surface area (Å²) in [6.07, 6.45) is 1.68. The van der Waals surface area contributed by atoms with Crippen molar-refractivity contribution in [2.75, 3.05) is 7.11 Å². The van der Waals surface area contributed by atoms with Gasteiger partial charge in [0.25, 0.3) is 0 Å². The topological polar surface area (TPSA) is 31.4 Å². The first-order chi connectivity index (χ1) is 10.3. The molecule has 0 atom stereocenters. The van der Waals surface area contributed by atoms with Crippen LogP contribution in [-0.4, -0.2) is 12.1 Å². The molecule has 106 valence electrons. The Morgan fingerprint density at radius 3 is 2.62 bits per heavy atom. The summed E-state index contributed by atoms with van der Waals surface area (Å²) in [5.74, 6) is 1.30. The molecule has 0 bridgehead atoms. The van der Waals surface area contributed by atoms with E-state index in [-0.39, 0.29) is 0 Å². The van der Waals surface area contributed by atoms with Gasteiger partial charge in [-0.3, -0.25) is 4.98 Å². The van der Waals surface area contributed by atoms with Crippen LogP contribution in [0.1, 0.15) is 5.56 Å². The normalized spacial score (nSPS) is 10.6. The molecule has 1 aromatic heterocycles. The summed E-state index contributed by atoms with van der Waals surface area (Å²) < 4.78 is 11.2. The molecule has 2 aromatic carbocycles. The molecule has 0 radical (unpaired) electrons. The minimum atomic E-state index is 0.473. The van der Waals surface area contributed by atoms with Gasteiger partial charge < -0.3 is 9.47 Å². The quantitative estimate of drug-likeness (QED) is 0.712. The number of halogens is 1. The Hall–Kier alpha value is -2.26. The van der Waals surface area contributed by atoms with E-state index in [0.717, 1.165) is 16.5 Å². The second-order valence-electron chi connectivity index (χ2n) is 4.59. The molecule has 0 aliphatic rings. The summed E-state index contributed by atoms with van der Waals surface area (Å²) in [5, 5.41) is 1.50. The SMILES string of the molecule is COc1cc2nccc(Cl)c2cc1OCc1ccccc1. The molecule has 3 aromatic rings. The Balaban J connectivity index is 1.95. The number of benzene rings is 2. The lowest BCUT2D eigenvalue weighted by Crippen LogP contribution is -1.98. The van der Waals surface area contributed by atoms with E-state index in [2.05, 4.69) is 4.98 Å². The second-order valence-corrected chi connectivity index (χ2v) is 4.99. The van der Waals surface area contributed by atoms with Crippen molar-refractivity contribution in [3.8, 4) is 11.5 Å². The monoisotopic (exact) mass is 299 g/mol. The lowest BCUT2D eigenvalue weighted by atomic mass is 10.2. The molecule has 0 amide bonds. The van der Waals surface area contributed by atoms with Gasteiger partial charge in [-0.2, -0.15) is 0 Å². The summed E-state index contributed by atoms with van der Waals surface area (Å²) in [4.78, 5) is 4.29. The largest absolute Gasteiger partial charge is 0.493 e. The van der Waals surface area contributed by atoms with Crippen LogP contribution in [0, 0.1) is 0 Å². The van der Waals surface area contributed by atoms with Crippen molar-refractivity contribution in [1.82, 2.24) is 4.98 Å². The van der Waals surface area contributed by atoms with Gasteiger partial charge in [0.05, 0.1) is 17.6 Å². The molecule has 1 heterocycles. The van der Waals surface area contributed by atoms with Crippen molar-refractivity contribution in [2.45, 2.75) is 6.61 Å². The number of nitrogens with zero attached hydrogens (tertiary/aromatic N) is 1. The predicted octanol–water partition coefficient (Wildman–Crippen LogP) is 4.48. The molecule has 0 saturated heterocycles. The van der Waals surface area contributed by atoms with Gasteiger partial charge in [0.1, 0.15) is 6.61 Å². The van der Waals surface area contributed by atoms with E-state index in [1.165, 1.54) is 0 Å². The third-order valence-electron chi connectivity index (χ3n) is 3.21. The summed E-state index contributed by atoms with van der Waals surface area (Å²) >= 11 is 6.21. The number of ether oxygens (including phenoxy) is 2. The predicted molar refractivity (Wildman–Crippen MR) is 84.1 cm³/mol. The number of fused-ring (bicyclic) bond motifs is 1. The van der Waals surface area contributed by atoms with E-state index < -0.39 is 0 Å². The van der Waals surface area contributed by atoms with Crippen molar-refractivity contribution < 1.29 is 9.47 Å². The maximum absolute atomic E-state index is 6.21. The first kappa shape index (κ1) is 13.7. The highest BCUT2D eigenvalue weighted by molar-refractivity contribution is 6.35. The van der Waals surface area contributed by atoms with E-state index in [1.807, 2.05) is 42.5 Å². The van der Waals surface area contributed by atoms with E-state index in [4.69, 9.17) is 21.1 Å². The number of pyridine rings is 1. The van der Waals surface area contributed by atoms with Gasteiger partial charge in [0.15, 0.2) is 11.5 Å². The van der Waals surface area contributed by atoms with Gasteiger partial charge in [-0.15, -0.1) is 0 Å². The van der Waals surface area contributed by atoms with E-state index in [1.54, 1.807) is 19.4 Å². The Labute approximate surface area is 128 Å². The summed E-state index contributed by atoms with van der Waals surface area (Å²) in [6.45, 7) is 0.473. The Bertz CT molecular complexity index is 759. The zero-order chi connectivity index (χ0) is 14.7. The second kappa shape index (κ2) is 6.02. The number of hydrogen-bond acceptors (Lipinski definition) is 3. The Morgan fingerprint density at radius 1 is 1.05 bits per heavy atom. The van der Waals surface area contributed by atoms with Gasteiger partial charge in [0.2, 0.25) is 0 Å². The first-order valence-corrected chi connectivity index (χ1v) is 6.94. The van der Waals surface area contributed by atoms with Crippen LogP contribution in [0.4, 0.5) is 0 Å². The third kappa shape index (κ3) is 2.93. The number of methoxy groups -OCH3 is 1. The fourth-order valence-electron chi connectivity index (χ4n) is 2.13. The van der Waals surface area contributed by atoms with Gasteiger partial charge in [0, 0.05) is 17.6 Å². The van der Waals surface area contributed by atoms with Crippen molar-refractivity contribution in [1.29, 1.82) is 0 Å². The van der Waals surface area contributed by atoms with Crippen LogP contribution in [-0.2, 0) is 6.61 Å². The van der Waals surface area contributed by atoms with Crippen LogP contribution in [0.25, 0.3) is 10.9 Å². The molecule has 0 spiro atoms. The highest BCUT2D eigenvalue weighted by Gasteiger charge is 2.10. The summed E-state index contributed by atoms with van der Waals surface area (Å²) in [5.41, 5.74) is 1.88.